The maximum absolute atomic E-state index is 11.6. The van der Waals surface area contributed by atoms with Gasteiger partial charge in [-0.3, -0.25) is 4.79 Å². The van der Waals surface area contributed by atoms with Gasteiger partial charge in [0, 0.05) is 12.0 Å². The maximum atomic E-state index is 11.6. The van der Waals surface area contributed by atoms with Crippen molar-refractivity contribution in [2.75, 3.05) is 6.61 Å². The van der Waals surface area contributed by atoms with Crippen molar-refractivity contribution in [2.45, 2.75) is 40.5 Å². The van der Waals surface area contributed by atoms with Crippen molar-refractivity contribution in [3.05, 3.63) is 28.8 Å². The number of ketones is 1. The fourth-order valence-electron chi connectivity index (χ4n) is 1.75. The topological polar surface area (TPSA) is 26.3 Å². The van der Waals surface area contributed by atoms with E-state index >= 15 is 0 Å². The minimum absolute atomic E-state index is 0.188. The van der Waals surface area contributed by atoms with E-state index in [9.17, 15) is 4.79 Å². The molecule has 0 saturated heterocycles. The van der Waals surface area contributed by atoms with Crippen LogP contribution in [0, 0.1) is 13.8 Å². The van der Waals surface area contributed by atoms with Gasteiger partial charge in [0.05, 0.1) is 6.61 Å². The number of rotatable bonds is 5. The Morgan fingerprint density at radius 1 is 1.19 bits per heavy atom. The first-order valence-corrected chi connectivity index (χ1v) is 5.87. The van der Waals surface area contributed by atoms with Gasteiger partial charge in [0.15, 0.2) is 5.78 Å². The standard InChI is InChI=1S/C14H20O2/c1-5-7-16-14-10(3)8-12(9-11(14)4)13(15)6-2/h8-9H,5-7H2,1-4H3. The first kappa shape index (κ1) is 12.8. The summed E-state index contributed by atoms with van der Waals surface area (Å²) in [7, 11) is 0. The Morgan fingerprint density at radius 2 is 1.75 bits per heavy atom. The highest BCUT2D eigenvalue weighted by atomic mass is 16.5. The Morgan fingerprint density at radius 3 is 2.19 bits per heavy atom. The Bertz CT molecular complexity index is 357. The van der Waals surface area contributed by atoms with Gasteiger partial charge >= 0.3 is 0 Å². The monoisotopic (exact) mass is 220 g/mol. The SMILES string of the molecule is CCCOc1c(C)cc(C(=O)CC)cc1C. The third-order valence-electron chi connectivity index (χ3n) is 2.55. The van der Waals surface area contributed by atoms with Crippen LogP contribution in [0.2, 0.25) is 0 Å². The van der Waals surface area contributed by atoms with Crippen LogP contribution in [0.1, 0.15) is 48.2 Å². The van der Waals surface area contributed by atoms with E-state index in [2.05, 4.69) is 6.92 Å². The van der Waals surface area contributed by atoms with Crippen molar-refractivity contribution >= 4 is 5.78 Å². The van der Waals surface area contributed by atoms with Crippen LogP contribution in [-0.2, 0) is 0 Å². The van der Waals surface area contributed by atoms with Crippen molar-refractivity contribution in [3.63, 3.8) is 0 Å². The molecule has 0 unspecified atom stereocenters. The lowest BCUT2D eigenvalue weighted by Gasteiger charge is -2.12. The summed E-state index contributed by atoms with van der Waals surface area (Å²) >= 11 is 0. The summed E-state index contributed by atoms with van der Waals surface area (Å²) in [5.74, 6) is 1.11. The average Bonchev–Trinajstić information content (AvgIpc) is 2.26. The van der Waals surface area contributed by atoms with E-state index in [0.29, 0.717) is 6.42 Å². The Labute approximate surface area is 97.6 Å². The molecule has 0 aliphatic rings. The minimum Gasteiger partial charge on any atom is -0.493 e. The van der Waals surface area contributed by atoms with Gasteiger partial charge in [-0.1, -0.05) is 13.8 Å². The molecule has 0 spiro atoms. The molecule has 88 valence electrons. The molecule has 1 rings (SSSR count). The molecule has 0 atom stereocenters. The molecular formula is C14H20O2. The number of Topliss-reactive ketones (excluding diaryl/α,β-unsaturated/α-hetero) is 1. The van der Waals surface area contributed by atoms with Crippen LogP contribution in [0.25, 0.3) is 0 Å². The van der Waals surface area contributed by atoms with E-state index in [-0.39, 0.29) is 5.78 Å². The molecule has 0 saturated carbocycles. The summed E-state index contributed by atoms with van der Waals surface area (Å²) in [4.78, 5) is 11.6. The van der Waals surface area contributed by atoms with Gasteiger partial charge in [0.2, 0.25) is 0 Å². The summed E-state index contributed by atoms with van der Waals surface area (Å²) in [5, 5.41) is 0. The molecule has 0 heterocycles. The Kier molecular flexibility index (Phi) is 4.53. The third kappa shape index (κ3) is 2.84. The number of carbonyl (C=O) groups excluding carboxylic acids is 1. The normalized spacial score (nSPS) is 10.2. The second-order valence-electron chi connectivity index (χ2n) is 4.06. The van der Waals surface area contributed by atoms with E-state index in [4.69, 9.17) is 4.74 Å². The Hall–Kier alpha value is -1.31. The van der Waals surface area contributed by atoms with Gasteiger partial charge in [-0.05, 0) is 43.5 Å². The molecule has 0 aliphatic carbocycles. The molecule has 16 heavy (non-hydrogen) atoms. The minimum atomic E-state index is 0.188. The number of hydrogen-bond donors (Lipinski definition) is 0. The van der Waals surface area contributed by atoms with Crippen LogP contribution in [0.15, 0.2) is 12.1 Å². The summed E-state index contributed by atoms with van der Waals surface area (Å²) in [6.45, 7) is 8.67. The first-order chi connectivity index (χ1) is 7.60. The van der Waals surface area contributed by atoms with Crippen molar-refractivity contribution in [1.82, 2.24) is 0 Å². The zero-order chi connectivity index (χ0) is 12.1. The molecule has 2 heteroatoms. The summed E-state index contributed by atoms with van der Waals surface area (Å²) in [6, 6.07) is 3.84. The average molecular weight is 220 g/mol. The van der Waals surface area contributed by atoms with Crippen LogP contribution in [0.3, 0.4) is 0 Å². The number of carbonyl (C=O) groups is 1. The van der Waals surface area contributed by atoms with Crippen LogP contribution in [0.5, 0.6) is 5.75 Å². The van der Waals surface area contributed by atoms with Gasteiger partial charge in [-0.25, -0.2) is 0 Å². The van der Waals surface area contributed by atoms with Crippen LogP contribution in [0.4, 0.5) is 0 Å². The molecule has 0 amide bonds. The third-order valence-corrected chi connectivity index (χ3v) is 2.55. The van der Waals surface area contributed by atoms with Gasteiger partial charge in [0.1, 0.15) is 5.75 Å². The van der Waals surface area contributed by atoms with Gasteiger partial charge in [0.25, 0.3) is 0 Å². The summed E-state index contributed by atoms with van der Waals surface area (Å²) in [6.07, 6.45) is 1.54. The lowest BCUT2D eigenvalue weighted by molar-refractivity contribution is 0.0988. The van der Waals surface area contributed by atoms with E-state index < -0.39 is 0 Å². The van der Waals surface area contributed by atoms with Crippen LogP contribution >= 0.6 is 0 Å². The fraction of sp³-hybridized carbons (Fsp3) is 0.500. The molecule has 0 radical (unpaired) electrons. The molecule has 0 aliphatic heterocycles. The Balaban J connectivity index is 3.02. The molecule has 0 N–H and O–H groups in total. The first-order valence-electron chi connectivity index (χ1n) is 5.87. The van der Waals surface area contributed by atoms with E-state index in [1.165, 1.54) is 0 Å². The molecular weight excluding hydrogens is 200 g/mol. The number of ether oxygens (including phenoxy) is 1. The predicted molar refractivity (Wildman–Crippen MR) is 66.3 cm³/mol. The predicted octanol–water partition coefficient (Wildman–Crippen LogP) is 3.68. The van der Waals surface area contributed by atoms with E-state index in [1.54, 1.807) is 0 Å². The molecule has 1 aromatic rings. The maximum Gasteiger partial charge on any atom is 0.162 e. The highest BCUT2D eigenvalue weighted by molar-refractivity contribution is 5.96. The fourth-order valence-corrected chi connectivity index (χ4v) is 1.75. The van der Waals surface area contributed by atoms with Crippen LogP contribution in [-0.4, -0.2) is 12.4 Å². The lowest BCUT2D eigenvalue weighted by atomic mass is 10.0. The van der Waals surface area contributed by atoms with E-state index in [0.717, 1.165) is 35.5 Å². The van der Waals surface area contributed by atoms with Gasteiger partial charge in [-0.15, -0.1) is 0 Å². The lowest BCUT2D eigenvalue weighted by Crippen LogP contribution is -2.03. The second-order valence-corrected chi connectivity index (χ2v) is 4.06. The summed E-state index contributed by atoms with van der Waals surface area (Å²) in [5.41, 5.74) is 2.89. The van der Waals surface area contributed by atoms with Gasteiger partial charge < -0.3 is 4.74 Å². The molecule has 1 aromatic carbocycles. The smallest absolute Gasteiger partial charge is 0.162 e. The van der Waals surface area contributed by atoms with Crippen molar-refractivity contribution in [3.8, 4) is 5.75 Å². The summed E-state index contributed by atoms with van der Waals surface area (Å²) < 4.78 is 5.67. The zero-order valence-corrected chi connectivity index (χ0v) is 10.6. The highest BCUT2D eigenvalue weighted by Gasteiger charge is 2.10. The van der Waals surface area contributed by atoms with Crippen LogP contribution < -0.4 is 4.74 Å². The van der Waals surface area contributed by atoms with Crippen molar-refractivity contribution in [2.24, 2.45) is 0 Å². The van der Waals surface area contributed by atoms with E-state index in [1.807, 2.05) is 32.9 Å². The molecule has 2 nitrogen and oxygen atoms in total. The zero-order valence-electron chi connectivity index (χ0n) is 10.6. The molecule has 0 aromatic heterocycles. The largest absolute Gasteiger partial charge is 0.493 e. The molecule has 0 bridgehead atoms. The number of hydrogen-bond acceptors (Lipinski definition) is 2. The quantitative estimate of drug-likeness (QED) is 0.707. The number of aryl methyl sites for hydroxylation is 2. The van der Waals surface area contributed by atoms with Crippen molar-refractivity contribution < 1.29 is 9.53 Å². The molecule has 0 fully saturated rings. The number of benzene rings is 1. The second kappa shape index (κ2) is 5.69. The van der Waals surface area contributed by atoms with Gasteiger partial charge in [-0.2, -0.15) is 0 Å². The van der Waals surface area contributed by atoms with Crippen molar-refractivity contribution in [1.29, 1.82) is 0 Å². The highest BCUT2D eigenvalue weighted by Crippen LogP contribution is 2.25.